The third kappa shape index (κ3) is 4.31. The number of rotatable bonds is 5. The number of benzene rings is 1. The average Bonchev–Trinajstić information content (AvgIpc) is 2.63. The Morgan fingerprint density at radius 2 is 1.93 bits per heavy atom. The van der Waals surface area contributed by atoms with Gasteiger partial charge in [-0.05, 0) is 45.0 Å². The smallest absolute Gasteiger partial charge is 0.262 e. The number of aromatic nitrogens is 3. The monoisotopic (exact) mass is 402 g/mol. The molecule has 0 radical (unpaired) electrons. The van der Waals surface area contributed by atoms with Crippen LogP contribution in [0, 0.1) is 0 Å². The molecule has 3 rings (SSSR count). The van der Waals surface area contributed by atoms with Gasteiger partial charge in [0.1, 0.15) is 5.82 Å². The summed E-state index contributed by atoms with van der Waals surface area (Å²) in [6.45, 7) is 5.61. The summed E-state index contributed by atoms with van der Waals surface area (Å²) >= 11 is 7.05. The van der Waals surface area contributed by atoms with Gasteiger partial charge in [-0.2, -0.15) is 0 Å². The van der Waals surface area contributed by atoms with Crippen LogP contribution in [0.15, 0.2) is 52.5 Å². The van der Waals surface area contributed by atoms with E-state index in [1.54, 1.807) is 35.8 Å². The molecule has 1 aromatic carbocycles. The van der Waals surface area contributed by atoms with Gasteiger partial charge in [0.25, 0.3) is 5.56 Å². The number of thioether (sulfide) groups is 1. The highest BCUT2D eigenvalue weighted by atomic mass is 35.5. The summed E-state index contributed by atoms with van der Waals surface area (Å²) < 4.78 is 1.62. The van der Waals surface area contributed by atoms with Crippen LogP contribution in [0.2, 0.25) is 5.02 Å². The van der Waals surface area contributed by atoms with Crippen LogP contribution in [0.3, 0.4) is 0 Å². The summed E-state index contributed by atoms with van der Waals surface area (Å²) in [5, 5.41) is 3.85. The first-order chi connectivity index (χ1) is 12.9. The van der Waals surface area contributed by atoms with Gasteiger partial charge in [0.2, 0.25) is 5.91 Å². The van der Waals surface area contributed by atoms with Crippen molar-refractivity contribution in [3.8, 4) is 0 Å². The van der Waals surface area contributed by atoms with Gasteiger partial charge >= 0.3 is 0 Å². The van der Waals surface area contributed by atoms with Crippen LogP contribution in [0.1, 0.15) is 26.8 Å². The summed E-state index contributed by atoms with van der Waals surface area (Å²) in [7, 11) is 0. The van der Waals surface area contributed by atoms with Crippen LogP contribution in [-0.2, 0) is 4.79 Å². The molecular formula is C19H19ClN4O2S. The molecule has 1 N–H and O–H groups in total. The van der Waals surface area contributed by atoms with Crippen LogP contribution in [-0.4, -0.2) is 25.7 Å². The highest BCUT2D eigenvalue weighted by Crippen LogP contribution is 2.25. The molecule has 1 amide bonds. The molecule has 3 aromatic rings. The van der Waals surface area contributed by atoms with Gasteiger partial charge in [-0.25, -0.2) is 9.97 Å². The predicted molar refractivity (Wildman–Crippen MR) is 110 cm³/mol. The summed E-state index contributed by atoms with van der Waals surface area (Å²) in [6.07, 6.45) is 1.47. The highest BCUT2D eigenvalue weighted by Gasteiger charge is 2.21. The zero-order valence-electron chi connectivity index (χ0n) is 15.1. The summed E-state index contributed by atoms with van der Waals surface area (Å²) in [4.78, 5) is 34.0. The molecule has 8 heteroatoms. The fourth-order valence-electron chi connectivity index (χ4n) is 2.55. The predicted octanol–water partition coefficient (Wildman–Crippen LogP) is 4.15. The number of carbonyl (C=O) groups excluding carboxylic acids is 1. The van der Waals surface area contributed by atoms with Crippen LogP contribution >= 0.6 is 23.4 Å². The number of para-hydroxylation sites is 1. The molecule has 27 heavy (non-hydrogen) atoms. The minimum absolute atomic E-state index is 0.0784. The second-order valence-electron chi connectivity index (χ2n) is 6.29. The number of hydrogen-bond acceptors (Lipinski definition) is 5. The topological polar surface area (TPSA) is 76.9 Å². The average molecular weight is 403 g/mol. The number of amides is 1. The first kappa shape index (κ1) is 19.4. The largest absolute Gasteiger partial charge is 0.310 e. The van der Waals surface area contributed by atoms with Gasteiger partial charge < -0.3 is 5.32 Å². The molecule has 140 valence electrons. The molecule has 1 atom stereocenters. The van der Waals surface area contributed by atoms with Gasteiger partial charge in [-0.1, -0.05) is 35.5 Å². The Morgan fingerprint density at radius 1 is 1.19 bits per heavy atom. The molecule has 0 aliphatic carbocycles. The van der Waals surface area contributed by atoms with Crippen molar-refractivity contribution in [3.63, 3.8) is 0 Å². The lowest BCUT2D eigenvalue weighted by Gasteiger charge is -2.18. The van der Waals surface area contributed by atoms with Crippen LogP contribution in [0.4, 0.5) is 5.82 Å². The molecule has 0 bridgehead atoms. The van der Waals surface area contributed by atoms with E-state index >= 15 is 0 Å². The maximum Gasteiger partial charge on any atom is 0.262 e. The van der Waals surface area contributed by atoms with E-state index in [9.17, 15) is 9.59 Å². The quantitative estimate of drug-likeness (QED) is 0.512. The summed E-state index contributed by atoms with van der Waals surface area (Å²) in [5.74, 6) is 0.192. The number of pyridine rings is 1. The van der Waals surface area contributed by atoms with Crippen LogP contribution in [0.5, 0.6) is 0 Å². The molecule has 2 heterocycles. The standard InChI is InChI=1S/C19H19ClN4O2S/c1-11(2)24-18(26)14-6-4-5-7-15(14)22-19(24)27-12(3)17(25)23-16-9-8-13(20)10-21-16/h4-12H,1-3H3,(H,21,23,25)/t12-/m1/s1. The van der Waals surface area contributed by atoms with Crippen molar-refractivity contribution in [1.29, 1.82) is 0 Å². The molecule has 0 fully saturated rings. The van der Waals surface area contributed by atoms with E-state index in [0.717, 1.165) is 0 Å². The normalized spacial score (nSPS) is 12.3. The van der Waals surface area contributed by atoms with E-state index in [2.05, 4.69) is 15.3 Å². The van der Waals surface area contributed by atoms with E-state index in [4.69, 9.17) is 11.6 Å². The molecule has 0 aliphatic heterocycles. The molecule has 0 spiro atoms. The maximum atomic E-state index is 12.9. The Balaban J connectivity index is 1.88. The molecule has 0 aliphatic rings. The Kier molecular flexibility index (Phi) is 5.82. The first-order valence-corrected chi connectivity index (χ1v) is 9.73. The van der Waals surface area contributed by atoms with E-state index < -0.39 is 5.25 Å². The number of halogens is 1. The lowest BCUT2D eigenvalue weighted by atomic mass is 10.2. The number of carbonyl (C=O) groups is 1. The third-order valence-electron chi connectivity index (χ3n) is 3.92. The van der Waals surface area contributed by atoms with E-state index in [-0.39, 0.29) is 17.5 Å². The number of nitrogens with zero attached hydrogens (tertiary/aromatic N) is 3. The van der Waals surface area contributed by atoms with Crippen molar-refractivity contribution in [2.24, 2.45) is 0 Å². The molecule has 0 saturated heterocycles. The number of fused-ring (bicyclic) bond motifs is 1. The number of nitrogens with one attached hydrogen (secondary N) is 1. The molecule has 0 unspecified atom stereocenters. The van der Waals surface area contributed by atoms with Crippen molar-refractivity contribution in [1.82, 2.24) is 14.5 Å². The maximum absolute atomic E-state index is 12.9. The summed E-state index contributed by atoms with van der Waals surface area (Å²) in [6, 6.07) is 10.4. The number of anilines is 1. The minimum Gasteiger partial charge on any atom is -0.310 e. The third-order valence-corrected chi connectivity index (χ3v) is 5.21. The van der Waals surface area contributed by atoms with Crippen molar-refractivity contribution in [2.45, 2.75) is 37.2 Å². The van der Waals surface area contributed by atoms with E-state index in [0.29, 0.717) is 26.9 Å². The van der Waals surface area contributed by atoms with Gasteiger partial charge in [0.15, 0.2) is 5.16 Å². The molecule has 2 aromatic heterocycles. The Hall–Kier alpha value is -2.38. The minimum atomic E-state index is -0.472. The Labute approximate surface area is 166 Å². The first-order valence-electron chi connectivity index (χ1n) is 8.47. The second-order valence-corrected chi connectivity index (χ2v) is 8.04. The van der Waals surface area contributed by atoms with Crippen molar-refractivity contribution in [3.05, 3.63) is 58.0 Å². The van der Waals surface area contributed by atoms with Crippen LogP contribution < -0.4 is 10.9 Å². The van der Waals surface area contributed by atoms with Gasteiger partial charge in [-0.15, -0.1) is 0 Å². The number of hydrogen-bond donors (Lipinski definition) is 1. The fraction of sp³-hybridized carbons (Fsp3) is 0.263. The van der Waals surface area contributed by atoms with E-state index in [1.807, 2.05) is 26.0 Å². The fourth-order valence-corrected chi connectivity index (χ4v) is 3.71. The van der Waals surface area contributed by atoms with Crippen molar-refractivity contribution < 1.29 is 4.79 Å². The SMILES string of the molecule is CC(C)n1c(S[C@H](C)C(=O)Nc2ccc(Cl)cn2)nc2ccccc2c1=O. The van der Waals surface area contributed by atoms with E-state index in [1.165, 1.54) is 18.0 Å². The zero-order chi connectivity index (χ0) is 19.6. The molecule has 0 saturated carbocycles. The Bertz CT molecular complexity index is 1030. The van der Waals surface area contributed by atoms with Gasteiger partial charge in [0.05, 0.1) is 21.2 Å². The summed E-state index contributed by atoms with van der Waals surface area (Å²) in [5.41, 5.74) is 0.513. The van der Waals surface area contributed by atoms with Gasteiger partial charge in [0, 0.05) is 12.2 Å². The molecular weight excluding hydrogens is 384 g/mol. The lowest BCUT2D eigenvalue weighted by molar-refractivity contribution is -0.115. The molecule has 6 nitrogen and oxygen atoms in total. The zero-order valence-corrected chi connectivity index (χ0v) is 16.7. The Morgan fingerprint density at radius 3 is 2.59 bits per heavy atom. The van der Waals surface area contributed by atoms with Crippen LogP contribution in [0.25, 0.3) is 10.9 Å². The second kappa shape index (κ2) is 8.10. The van der Waals surface area contributed by atoms with Gasteiger partial charge in [-0.3, -0.25) is 14.2 Å². The highest BCUT2D eigenvalue weighted by molar-refractivity contribution is 8.00. The lowest BCUT2D eigenvalue weighted by Crippen LogP contribution is -2.28. The van der Waals surface area contributed by atoms with Crippen molar-refractivity contribution >= 4 is 46.0 Å². The van der Waals surface area contributed by atoms with Crippen molar-refractivity contribution in [2.75, 3.05) is 5.32 Å².